The van der Waals surface area contributed by atoms with Gasteiger partial charge in [-0.1, -0.05) is 74.3 Å². The lowest BCUT2D eigenvalue weighted by Crippen LogP contribution is -2.58. The van der Waals surface area contributed by atoms with Gasteiger partial charge in [-0.2, -0.15) is 0 Å². The topological polar surface area (TPSA) is 66.5 Å². The van der Waals surface area contributed by atoms with Gasteiger partial charge in [0.25, 0.3) is 0 Å². The smallest absolute Gasteiger partial charge is 0.329 e. The number of hydrogen-bond acceptors (Lipinski definition) is 3. The van der Waals surface area contributed by atoms with Crippen LogP contribution >= 0.6 is 31.9 Å². The summed E-state index contributed by atoms with van der Waals surface area (Å²) in [6.45, 7) is 0. The predicted molar refractivity (Wildman–Crippen MR) is 121 cm³/mol. The molecule has 3 aromatic carbocycles. The fraction of sp³-hybridized carbons (Fsp3) is 0.0870. The predicted octanol–water partition coefficient (Wildman–Crippen LogP) is 5.51. The molecule has 150 valence electrons. The van der Waals surface area contributed by atoms with E-state index in [1.54, 1.807) is 72.8 Å². The molecule has 3 aromatic rings. The summed E-state index contributed by atoms with van der Waals surface area (Å²) in [5.74, 6) is -2.00. The second kappa shape index (κ2) is 8.53. The molecule has 1 heterocycles. The number of ketones is 1. The lowest BCUT2D eigenvalue weighted by molar-refractivity contribution is -0.121. The monoisotopic (exact) mass is 526 g/mol. The molecule has 4 rings (SSSR count). The maximum Gasteiger partial charge on any atom is 0.329 e. The van der Waals surface area contributed by atoms with Gasteiger partial charge >= 0.3 is 6.03 Å². The van der Waals surface area contributed by atoms with Crippen LogP contribution in [0.1, 0.15) is 22.0 Å². The van der Waals surface area contributed by atoms with Crippen molar-refractivity contribution >= 4 is 55.3 Å². The number of nitrogens with one attached hydrogen (secondary N) is 1. The third-order valence-corrected chi connectivity index (χ3v) is 5.96. The number of halogens is 2. The van der Waals surface area contributed by atoms with Gasteiger partial charge < -0.3 is 5.32 Å². The number of hydrogen-bond donors (Lipinski definition) is 1. The van der Waals surface area contributed by atoms with E-state index in [4.69, 9.17) is 0 Å². The van der Waals surface area contributed by atoms with Crippen LogP contribution in [0.5, 0.6) is 0 Å². The van der Waals surface area contributed by atoms with Crippen LogP contribution in [0.25, 0.3) is 0 Å². The second-order valence-electron chi connectivity index (χ2n) is 6.84. The number of nitrogens with zero attached hydrogens (tertiary/aromatic N) is 1. The highest BCUT2D eigenvalue weighted by Crippen LogP contribution is 2.34. The lowest BCUT2D eigenvalue weighted by atomic mass is 9.84. The van der Waals surface area contributed by atoms with Crippen molar-refractivity contribution in [3.05, 3.63) is 98.9 Å². The first-order chi connectivity index (χ1) is 14.5. The molecule has 0 saturated carbocycles. The van der Waals surface area contributed by atoms with Crippen LogP contribution in [0.15, 0.2) is 87.8 Å². The second-order valence-corrected chi connectivity index (χ2v) is 8.67. The van der Waals surface area contributed by atoms with Crippen molar-refractivity contribution < 1.29 is 14.4 Å². The van der Waals surface area contributed by atoms with Crippen molar-refractivity contribution in [2.75, 3.05) is 4.90 Å². The Hall–Kier alpha value is -2.77. The van der Waals surface area contributed by atoms with Crippen molar-refractivity contribution in [3.63, 3.8) is 0 Å². The van der Waals surface area contributed by atoms with Gasteiger partial charge in [0.2, 0.25) is 5.91 Å². The van der Waals surface area contributed by atoms with Crippen LogP contribution in [0, 0.1) is 5.92 Å². The molecular formula is C23H16Br2N2O3. The molecule has 0 aromatic heterocycles. The first-order valence-electron chi connectivity index (χ1n) is 9.20. The number of Topliss-reactive ketones (excluding diaryl/α,β-unsaturated/α-hetero) is 1. The zero-order valence-electron chi connectivity index (χ0n) is 15.6. The number of rotatable bonds is 4. The summed E-state index contributed by atoms with van der Waals surface area (Å²) in [6.07, 6.45) is 0. The molecular weight excluding hydrogens is 512 g/mol. The van der Waals surface area contributed by atoms with Crippen LogP contribution < -0.4 is 10.2 Å². The SMILES string of the molecule is O=C(c1ccc(Br)cc1)[C@@H]1C(=O)N(c2ccccc2)C(=O)N[C@@H]1c1cccc(Br)c1. The van der Waals surface area contributed by atoms with E-state index in [9.17, 15) is 14.4 Å². The zero-order valence-corrected chi connectivity index (χ0v) is 18.8. The van der Waals surface area contributed by atoms with Gasteiger partial charge in [-0.25, -0.2) is 9.69 Å². The molecule has 0 radical (unpaired) electrons. The summed E-state index contributed by atoms with van der Waals surface area (Å²) < 4.78 is 1.62. The maximum atomic E-state index is 13.5. The molecule has 0 unspecified atom stereocenters. The lowest BCUT2D eigenvalue weighted by Gasteiger charge is -2.37. The summed E-state index contributed by atoms with van der Waals surface area (Å²) >= 11 is 6.78. The molecule has 2 atom stereocenters. The first-order valence-corrected chi connectivity index (χ1v) is 10.8. The Bertz CT molecular complexity index is 1120. The number of carbonyl (C=O) groups is 3. The minimum absolute atomic E-state index is 0.349. The molecule has 1 saturated heterocycles. The summed E-state index contributed by atoms with van der Waals surface area (Å²) in [5.41, 5.74) is 1.50. The van der Waals surface area contributed by atoms with E-state index >= 15 is 0 Å². The fourth-order valence-electron chi connectivity index (χ4n) is 3.52. The van der Waals surface area contributed by atoms with Crippen LogP contribution in [-0.4, -0.2) is 17.7 Å². The number of carbonyl (C=O) groups excluding carboxylic acids is 3. The summed E-state index contributed by atoms with van der Waals surface area (Å²) in [5, 5.41) is 2.87. The van der Waals surface area contributed by atoms with Gasteiger partial charge in [0.15, 0.2) is 5.78 Å². The van der Waals surface area contributed by atoms with Crippen molar-refractivity contribution in [2.24, 2.45) is 5.92 Å². The molecule has 1 fully saturated rings. The standard InChI is InChI=1S/C23H16Br2N2O3/c24-16-11-9-14(10-12-16)21(28)19-20(15-5-4-6-17(25)13-15)26-23(30)27(22(19)29)18-7-2-1-3-8-18/h1-13,19-20H,(H,26,30)/t19-,20-/m1/s1. The largest absolute Gasteiger partial charge is 0.329 e. The van der Waals surface area contributed by atoms with Gasteiger partial charge in [-0.3, -0.25) is 9.59 Å². The summed E-state index contributed by atoms with van der Waals surface area (Å²) in [4.78, 5) is 40.9. The fourth-order valence-corrected chi connectivity index (χ4v) is 4.20. The molecule has 1 N–H and O–H groups in total. The molecule has 30 heavy (non-hydrogen) atoms. The van der Waals surface area contributed by atoms with Gasteiger partial charge in [0, 0.05) is 14.5 Å². The molecule has 0 spiro atoms. The van der Waals surface area contributed by atoms with E-state index in [-0.39, 0.29) is 5.78 Å². The summed E-state index contributed by atoms with van der Waals surface area (Å²) in [6, 6.07) is 21.4. The van der Waals surface area contributed by atoms with Gasteiger partial charge in [-0.15, -0.1) is 0 Å². The van der Waals surface area contributed by atoms with Gasteiger partial charge in [0.05, 0.1) is 11.7 Å². The molecule has 1 aliphatic rings. The van der Waals surface area contributed by atoms with Crippen LogP contribution in [0.4, 0.5) is 10.5 Å². The highest BCUT2D eigenvalue weighted by molar-refractivity contribution is 9.10. The van der Waals surface area contributed by atoms with E-state index in [0.717, 1.165) is 13.8 Å². The molecule has 0 aliphatic carbocycles. The van der Waals surface area contributed by atoms with Crippen LogP contribution in [0.3, 0.4) is 0 Å². The van der Waals surface area contributed by atoms with Gasteiger partial charge in [0.1, 0.15) is 5.92 Å². The maximum absolute atomic E-state index is 13.5. The number of benzene rings is 3. The minimum Gasteiger partial charge on any atom is -0.329 e. The number of para-hydroxylation sites is 1. The molecule has 5 nitrogen and oxygen atoms in total. The zero-order chi connectivity index (χ0) is 21.3. The Morgan fingerprint density at radius 3 is 2.20 bits per heavy atom. The Labute approximate surface area is 190 Å². The van der Waals surface area contributed by atoms with Crippen LogP contribution in [-0.2, 0) is 4.79 Å². The quantitative estimate of drug-likeness (QED) is 0.359. The Kier molecular flexibility index (Phi) is 5.83. The highest BCUT2D eigenvalue weighted by atomic mass is 79.9. The summed E-state index contributed by atoms with van der Waals surface area (Å²) in [7, 11) is 0. The normalized spacial score (nSPS) is 18.8. The average Bonchev–Trinajstić information content (AvgIpc) is 2.74. The van der Waals surface area contributed by atoms with E-state index in [2.05, 4.69) is 37.2 Å². The molecule has 0 bridgehead atoms. The third-order valence-electron chi connectivity index (χ3n) is 4.94. The Morgan fingerprint density at radius 1 is 0.833 bits per heavy atom. The van der Waals surface area contributed by atoms with Crippen LogP contribution in [0.2, 0.25) is 0 Å². The van der Waals surface area contributed by atoms with Crippen molar-refractivity contribution in [1.82, 2.24) is 5.32 Å². The molecule has 7 heteroatoms. The number of anilines is 1. The Morgan fingerprint density at radius 2 is 1.53 bits per heavy atom. The molecule has 1 aliphatic heterocycles. The van der Waals surface area contributed by atoms with E-state index < -0.39 is 23.9 Å². The van der Waals surface area contributed by atoms with E-state index in [1.165, 1.54) is 0 Å². The van der Waals surface area contributed by atoms with Crippen molar-refractivity contribution in [2.45, 2.75) is 6.04 Å². The van der Waals surface area contributed by atoms with Gasteiger partial charge in [-0.05, 0) is 42.0 Å². The number of imide groups is 1. The van der Waals surface area contributed by atoms with Crippen molar-refractivity contribution in [1.29, 1.82) is 0 Å². The average molecular weight is 528 g/mol. The van der Waals surface area contributed by atoms with Crippen molar-refractivity contribution in [3.8, 4) is 0 Å². The third kappa shape index (κ3) is 3.95. The highest BCUT2D eigenvalue weighted by Gasteiger charge is 2.46. The number of urea groups is 1. The van der Waals surface area contributed by atoms with E-state index in [1.807, 2.05) is 6.07 Å². The molecule has 3 amide bonds. The number of amides is 3. The van der Waals surface area contributed by atoms with E-state index in [0.29, 0.717) is 16.8 Å². The first kappa shape index (κ1) is 20.5. The minimum atomic E-state index is -1.10. The Balaban J connectivity index is 1.80.